The van der Waals surface area contributed by atoms with Gasteiger partial charge in [-0.15, -0.1) is 0 Å². The third kappa shape index (κ3) is 2.09. The van der Waals surface area contributed by atoms with Crippen molar-refractivity contribution < 1.29 is 0 Å². The minimum Gasteiger partial charge on any atom is -0.355 e. The van der Waals surface area contributed by atoms with Crippen molar-refractivity contribution in [1.29, 1.82) is 5.26 Å². The Kier molecular flexibility index (Phi) is 3.09. The summed E-state index contributed by atoms with van der Waals surface area (Å²) in [6.07, 6.45) is 3.68. The lowest BCUT2D eigenvalue weighted by Gasteiger charge is -2.26. The van der Waals surface area contributed by atoms with Crippen molar-refractivity contribution >= 4 is 17.1 Å². The SMILES string of the molecule is CCC1(c2ccc(C#N)cc2N2CN(C)c3ccccc32)CC1. The van der Waals surface area contributed by atoms with E-state index in [4.69, 9.17) is 0 Å². The van der Waals surface area contributed by atoms with Gasteiger partial charge in [0.05, 0.1) is 29.7 Å². The molecule has 0 aromatic heterocycles. The highest BCUT2D eigenvalue weighted by Crippen LogP contribution is 2.55. The van der Waals surface area contributed by atoms with Crippen molar-refractivity contribution in [1.82, 2.24) is 0 Å². The number of benzene rings is 2. The van der Waals surface area contributed by atoms with Crippen LogP contribution in [-0.2, 0) is 5.41 Å². The molecule has 0 atom stereocenters. The van der Waals surface area contributed by atoms with E-state index in [-0.39, 0.29) is 0 Å². The molecule has 1 aliphatic carbocycles. The predicted octanol–water partition coefficient (Wildman–Crippen LogP) is 4.55. The average Bonchev–Trinajstić information content (AvgIpc) is 3.33. The molecule has 3 heteroatoms. The Morgan fingerprint density at radius 2 is 1.83 bits per heavy atom. The maximum Gasteiger partial charge on any atom is 0.0992 e. The summed E-state index contributed by atoms with van der Waals surface area (Å²) in [6.45, 7) is 3.11. The summed E-state index contributed by atoms with van der Waals surface area (Å²) >= 11 is 0. The molecule has 0 unspecified atom stereocenters. The molecule has 1 heterocycles. The van der Waals surface area contributed by atoms with Crippen LogP contribution in [0.15, 0.2) is 42.5 Å². The number of para-hydroxylation sites is 2. The van der Waals surface area contributed by atoms with E-state index in [0.717, 1.165) is 18.7 Å². The molecule has 0 amide bonds. The van der Waals surface area contributed by atoms with Crippen LogP contribution in [0.25, 0.3) is 0 Å². The largest absolute Gasteiger partial charge is 0.355 e. The van der Waals surface area contributed by atoms with Gasteiger partial charge in [0.2, 0.25) is 0 Å². The van der Waals surface area contributed by atoms with E-state index in [2.05, 4.69) is 66.2 Å². The Morgan fingerprint density at radius 1 is 1.09 bits per heavy atom. The zero-order chi connectivity index (χ0) is 16.0. The van der Waals surface area contributed by atoms with Crippen LogP contribution >= 0.6 is 0 Å². The van der Waals surface area contributed by atoms with Crippen LogP contribution in [0.1, 0.15) is 37.3 Å². The predicted molar refractivity (Wildman–Crippen MR) is 94.2 cm³/mol. The molecule has 4 rings (SSSR count). The Hall–Kier alpha value is -2.47. The molecule has 2 aliphatic rings. The summed E-state index contributed by atoms with van der Waals surface area (Å²) < 4.78 is 0. The number of rotatable bonds is 3. The lowest BCUT2D eigenvalue weighted by atomic mass is 9.90. The van der Waals surface area contributed by atoms with E-state index in [1.807, 2.05) is 6.07 Å². The molecule has 0 spiro atoms. The number of fused-ring (bicyclic) bond motifs is 1. The molecule has 0 N–H and O–H groups in total. The first-order chi connectivity index (χ1) is 11.2. The second kappa shape index (κ2) is 5.03. The summed E-state index contributed by atoms with van der Waals surface area (Å²) in [4.78, 5) is 4.63. The van der Waals surface area contributed by atoms with Crippen LogP contribution in [0.4, 0.5) is 17.1 Å². The van der Waals surface area contributed by atoms with Crippen molar-refractivity contribution in [3.63, 3.8) is 0 Å². The Bertz CT molecular complexity index is 799. The molecule has 2 aromatic carbocycles. The fourth-order valence-electron chi connectivity index (χ4n) is 3.82. The van der Waals surface area contributed by atoms with E-state index in [0.29, 0.717) is 5.41 Å². The minimum atomic E-state index is 0.319. The summed E-state index contributed by atoms with van der Waals surface area (Å²) in [5, 5.41) is 9.34. The molecule has 23 heavy (non-hydrogen) atoms. The zero-order valence-electron chi connectivity index (χ0n) is 13.7. The first-order valence-electron chi connectivity index (χ1n) is 8.31. The Balaban J connectivity index is 1.88. The number of hydrogen-bond acceptors (Lipinski definition) is 3. The first-order valence-corrected chi connectivity index (χ1v) is 8.31. The van der Waals surface area contributed by atoms with Crippen molar-refractivity contribution in [2.45, 2.75) is 31.6 Å². The van der Waals surface area contributed by atoms with Crippen LogP contribution in [0.3, 0.4) is 0 Å². The van der Waals surface area contributed by atoms with Gasteiger partial charge in [-0.1, -0.05) is 25.1 Å². The van der Waals surface area contributed by atoms with Gasteiger partial charge in [-0.2, -0.15) is 5.26 Å². The van der Waals surface area contributed by atoms with Crippen LogP contribution in [0.5, 0.6) is 0 Å². The van der Waals surface area contributed by atoms with Gasteiger partial charge in [-0.3, -0.25) is 0 Å². The molecular weight excluding hydrogens is 282 g/mol. The van der Waals surface area contributed by atoms with E-state index >= 15 is 0 Å². The average molecular weight is 303 g/mol. The Morgan fingerprint density at radius 3 is 2.48 bits per heavy atom. The van der Waals surface area contributed by atoms with Gasteiger partial charge in [0.1, 0.15) is 0 Å². The minimum absolute atomic E-state index is 0.319. The second-order valence-electron chi connectivity index (χ2n) is 6.73. The van der Waals surface area contributed by atoms with Gasteiger partial charge in [0.15, 0.2) is 0 Å². The van der Waals surface area contributed by atoms with Gasteiger partial charge in [0, 0.05) is 12.7 Å². The lowest BCUT2D eigenvalue weighted by Crippen LogP contribution is -2.26. The lowest BCUT2D eigenvalue weighted by molar-refractivity contribution is 0.662. The van der Waals surface area contributed by atoms with Crippen LogP contribution < -0.4 is 9.80 Å². The maximum atomic E-state index is 9.34. The third-order valence-electron chi connectivity index (χ3n) is 5.46. The monoisotopic (exact) mass is 303 g/mol. The summed E-state index contributed by atoms with van der Waals surface area (Å²) in [5.74, 6) is 0. The molecule has 1 aliphatic heterocycles. The molecule has 0 bridgehead atoms. The van der Waals surface area contributed by atoms with Crippen molar-refractivity contribution in [2.24, 2.45) is 0 Å². The second-order valence-corrected chi connectivity index (χ2v) is 6.73. The van der Waals surface area contributed by atoms with E-state index in [9.17, 15) is 5.26 Å². The quantitative estimate of drug-likeness (QED) is 0.833. The highest BCUT2D eigenvalue weighted by molar-refractivity contribution is 5.84. The van der Waals surface area contributed by atoms with Crippen molar-refractivity contribution in [3.8, 4) is 6.07 Å². The summed E-state index contributed by atoms with van der Waals surface area (Å²) in [7, 11) is 2.12. The normalized spacial score (nSPS) is 17.8. The summed E-state index contributed by atoms with van der Waals surface area (Å²) in [6, 6.07) is 17.0. The fourth-order valence-corrected chi connectivity index (χ4v) is 3.82. The molecule has 3 nitrogen and oxygen atoms in total. The van der Waals surface area contributed by atoms with Gasteiger partial charge in [0.25, 0.3) is 0 Å². The van der Waals surface area contributed by atoms with Crippen molar-refractivity contribution in [3.05, 3.63) is 53.6 Å². The standard InChI is InChI=1S/C20H21N3/c1-3-20(10-11-20)16-9-8-15(13-21)12-19(16)23-14-22(2)17-6-4-5-7-18(17)23/h4-9,12H,3,10-11,14H2,1-2H3. The van der Waals surface area contributed by atoms with E-state index < -0.39 is 0 Å². The maximum absolute atomic E-state index is 9.34. The number of nitriles is 1. The fraction of sp³-hybridized carbons (Fsp3) is 0.350. The molecule has 1 saturated carbocycles. The van der Waals surface area contributed by atoms with Crippen LogP contribution in [-0.4, -0.2) is 13.7 Å². The van der Waals surface area contributed by atoms with Gasteiger partial charge >= 0.3 is 0 Å². The molecule has 2 aromatic rings. The summed E-state index contributed by atoms with van der Waals surface area (Å²) in [5.41, 5.74) is 6.16. The van der Waals surface area contributed by atoms with Gasteiger partial charge < -0.3 is 9.80 Å². The number of hydrogen-bond donors (Lipinski definition) is 0. The third-order valence-corrected chi connectivity index (χ3v) is 5.46. The van der Waals surface area contributed by atoms with Crippen LogP contribution in [0.2, 0.25) is 0 Å². The van der Waals surface area contributed by atoms with Crippen LogP contribution in [0, 0.1) is 11.3 Å². The topological polar surface area (TPSA) is 30.3 Å². The highest BCUT2D eigenvalue weighted by atomic mass is 15.4. The van der Waals surface area contributed by atoms with Gasteiger partial charge in [-0.05, 0) is 54.5 Å². The number of nitrogens with zero attached hydrogens (tertiary/aromatic N) is 3. The zero-order valence-corrected chi connectivity index (χ0v) is 13.7. The molecular formula is C20H21N3. The smallest absolute Gasteiger partial charge is 0.0992 e. The molecule has 0 saturated heterocycles. The van der Waals surface area contributed by atoms with Gasteiger partial charge in [-0.25, -0.2) is 0 Å². The van der Waals surface area contributed by atoms with Crippen molar-refractivity contribution in [2.75, 3.05) is 23.5 Å². The molecule has 0 radical (unpaired) electrons. The highest BCUT2D eigenvalue weighted by Gasteiger charge is 2.45. The number of anilines is 3. The Labute approximate surface area is 137 Å². The molecule has 116 valence electrons. The molecule has 1 fully saturated rings. The first kappa shape index (κ1) is 14.1. The van der Waals surface area contributed by atoms with E-state index in [1.54, 1.807) is 0 Å². The van der Waals surface area contributed by atoms with E-state index in [1.165, 1.54) is 35.5 Å².